The molecule has 1 aliphatic heterocycles. The first-order chi connectivity index (χ1) is 11.7. The van der Waals surface area contributed by atoms with Crippen LogP contribution in [0.15, 0.2) is 41.8 Å². The fraction of sp³-hybridized carbons (Fsp3) is 0.353. The molecule has 0 radical (unpaired) electrons. The molecule has 128 valence electrons. The van der Waals surface area contributed by atoms with Crippen LogP contribution in [0.5, 0.6) is 0 Å². The Labute approximate surface area is 150 Å². The minimum Gasteiger partial charge on any atom is -0.379 e. The van der Waals surface area contributed by atoms with Crippen molar-refractivity contribution >= 4 is 34.7 Å². The maximum Gasteiger partial charge on any atom is 0.319 e. The largest absolute Gasteiger partial charge is 0.379 e. The molecule has 2 amide bonds. The summed E-state index contributed by atoms with van der Waals surface area (Å²) in [6.45, 7) is 3.74. The number of hydrogen-bond acceptors (Lipinski definition) is 4. The standard InChI is InChI=1S/C17H20ClN3O2S/c18-13-4-1-2-5-14(13)20-17(22)19-12-15(16-6-3-11-24-16)21-7-9-23-10-8-21/h1-6,11,15H,7-10,12H2,(H2,19,20,22)/t15-/m1/s1. The number of anilines is 1. The molecular weight excluding hydrogens is 346 g/mol. The summed E-state index contributed by atoms with van der Waals surface area (Å²) in [7, 11) is 0. The zero-order chi connectivity index (χ0) is 16.8. The Morgan fingerprint density at radius 1 is 1.25 bits per heavy atom. The molecule has 24 heavy (non-hydrogen) atoms. The van der Waals surface area contributed by atoms with E-state index in [2.05, 4.69) is 27.0 Å². The fourth-order valence-corrected chi connectivity index (χ4v) is 3.74. The van der Waals surface area contributed by atoms with Crippen LogP contribution < -0.4 is 10.6 Å². The predicted octanol–water partition coefficient (Wildman–Crippen LogP) is 3.60. The van der Waals surface area contributed by atoms with Crippen LogP contribution in [0.3, 0.4) is 0 Å². The van der Waals surface area contributed by atoms with E-state index in [-0.39, 0.29) is 12.1 Å². The third-order valence-corrected chi connectivity index (χ3v) is 5.24. The van der Waals surface area contributed by atoms with E-state index in [0.29, 0.717) is 17.3 Å². The lowest BCUT2D eigenvalue weighted by atomic mass is 10.2. The smallest absolute Gasteiger partial charge is 0.319 e. The molecule has 5 nitrogen and oxygen atoms in total. The summed E-state index contributed by atoms with van der Waals surface area (Å²) >= 11 is 7.78. The van der Waals surface area contributed by atoms with Crippen LogP contribution in [0.4, 0.5) is 10.5 Å². The Balaban J connectivity index is 1.61. The number of carbonyl (C=O) groups excluding carboxylic acids is 1. The van der Waals surface area contributed by atoms with Crippen molar-refractivity contribution in [3.8, 4) is 0 Å². The van der Waals surface area contributed by atoms with Gasteiger partial charge in [0.05, 0.1) is 30.0 Å². The van der Waals surface area contributed by atoms with E-state index < -0.39 is 0 Å². The number of nitrogens with zero attached hydrogens (tertiary/aromatic N) is 1. The van der Waals surface area contributed by atoms with Gasteiger partial charge in [-0.1, -0.05) is 29.8 Å². The summed E-state index contributed by atoms with van der Waals surface area (Å²) in [5.74, 6) is 0. The van der Waals surface area contributed by atoms with Crippen molar-refractivity contribution in [1.29, 1.82) is 0 Å². The van der Waals surface area contributed by atoms with Crippen LogP contribution >= 0.6 is 22.9 Å². The summed E-state index contributed by atoms with van der Waals surface area (Å²) in [5.41, 5.74) is 0.607. The predicted molar refractivity (Wildman–Crippen MR) is 97.9 cm³/mol. The number of urea groups is 1. The third kappa shape index (κ3) is 4.48. The Morgan fingerprint density at radius 2 is 2.04 bits per heavy atom. The first-order valence-electron chi connectivity index (χ1n) is 7.88. The van der Waals surface area contributed by atoms with Gasteiger partial charge in [-0.2, -0.15) is 0 Å². The first-order valence-corrected chi connectivity index (χ1v) is 9.14. The van der Waals surface area contributed by atoms with Gasteiger partial charge in [0.1, 0.15) is 0 Å². The van der Waals surface area contributed by atoms with E-state index in [4.69, 9.17) is 16.3 Å². The number of carbonyl (C=O) groups is 1. The Hall–Kier alpha value is -1.60. The van der Waals surface area contributed by atoms with Crippen molar-refractivity contribution in [2.45, 2.75) is 6.04 Å². The lowest BCUT2D eigenvalue weighted by molar-refractivity contribution is 0.0175. The molecule has 0 saturated carbocycles. The third-order valence-electron chi connectivity index (χ3n) is 3.94. The van der Waals surface area contributed by atoms with Gasteiger partial charge in [-0.25, -0.2) is 4.79 Å². The Bertz CT molecular complexity index is 660. The highest BCUT2D eigenvalue weighted by molar-refractivity contribution is 7.10. The van der Waals surface area contributed by atoms with Crippen molar-refractivity contribution in [1.82, 2.24) is 10.2 Å². The minimum atomic E-state index is -0.252. The summed E-state index contributed by atoms with van der Waals surface area (Å²) < 4.78 is 5.43. The molecule has 0 unspecified atom stereocenters. The van der Waals surface area contributed by atoms with Gasteiger partial charge in [0.25, 0.3) is 0 Å². The highest BCUT2D eigenvalue weighted by Crippen LogP contribution is 2.25. The number of nitrogens with one attached hydrogen (secondary N) is 2. The second-order valence-electron chi connectivity index (χ2n) is 5.49. The molecule has 2 N–H and O–H groups in total. The highest BCUT2D eigenvalue weighted by Gasteiger charge is 2.24. The number of hydrogen-bond donors (Lipinski definition) is 2. The number of benzene rings is 1. The normalized spacial score (nSPS) is 16.5. The quantitative estimate of drug-likeness (QED) is 0.851. The number of amides is 2. The molecule has 1 aromatic heterocycles. The van der Waals surface area contributed by atoms with Crippen molar-refractivity contribution in [2.24, 2.45) is 0 Å². The van der Waals surface area contributed by atoms with Gasteiger partial charge in [-0.05, 0) is 23.6 Å². The zero-order valence-corrected chi connectivity index (χ0v) is 14.8. The molecule has 7 heteroatoms. The van der Waals surface area contributed by atoms with Gasteiger partial charge in [-0.15, -0.1) is 11.3 Å². The lowest BCUT2D eigenvalue weighted by Crippen LogP contribution is -2.44. The van der Waals surface area contributed by atoms with Crippen molar-refractivity contribution in [3.63, 3.8) is 0 Å². The Kier molecular flexibility index (Phi) is 6.09. The van der Waals surface area contributed by atoms with Crippen LogP contribution in [-0.2, 0) is 4.74 Å². The second-order valence-corrected chi connectivity index (χ2v) is 6.88. The zero-order valence-electron chi connectivity index (χ0n) is 13.2. The number of para-hydroxylation sites is 1. The van der Waals surface area contributed by atoms with Gasteiger partial charge >= 0.3 is 6.03 Å². The Morgan fingerprint density at radius 3 is 2.75 bits per heavy atom. The molecule has 0 aliphatic carbocycles. The van der Waals surface area contributed by atoms with Crippen LogP contribution in [-0.4, -0.2) is 43.8 Å². The van der Waals surface area contributed by atoms with Gasteiger partial charge < -0.3 is 15.4 Å². The SMILES string of the molecule is O=C(NC[C@H](c1cccs1)N1CCOCC1)Nc1ccccc1Cl. The summed E-state index contributed by atoms with van der Waals surface area (Å²) in [5, 5.41) is 8.34. The van der Waals surface area contributed by atoms with Crippen LogP contribution in [0.1, 0.15) is 10.9 Å². The van der Waals surface area contributed by atoms with E-state index in [1.165, 1.54) is 4.88 Å². The number of ether oxygens (including phenoxy) is 1. The fourth-order valence-electron chi connectivity index (χ4n) is 2.70. The van der Waals surface area contributed by atoms with Crippen LogP contribution in [0.25, 0.3) is 0 Å². The molecule has 1 aromatic carbocycles. The van der Waals surface area contributed by atoms with E-state index in [1.807, 2.05) is 18.2 Å². The molecule has 1 atom stereocenters. The van der Waals surface area contributed by atoms with Gasteiger partial charge in [-0.3, -0.25) is 4.90 Å². The summed E-state index contributed by atoms with van der Waals surface area (Å²) in [6, 6.07) is 11.2. The number of rotatable bonds is 5. The molecule has 1 fully saturated rings. The van der Waals surface area contributed by atoms with Crippen molar-refractivity contribution < 1.29 is 9.53 Å². The van der Waals surface area contributed by atoms with Gasteiger partial charge in [0, 0.05) is 24.5 Å². The topological polar surface area (TPSA) is 53.6 Å². The average molecular weight is 366 g/mol. The molecule has 1 saturated heterocycles. The van der Waals surface area contributed by atoms with Crippen LogP contribution in [0.2, 0.25) is 5.02 Å². The van der Waals surface area contributed by atoms with E-state index in [0.717, 1.165) is 26.3 Å². The molecule has 3 rings (SSSR count). The molecule has 0 spiro atoms. The van der Waals surface area contributed by atoms with Gasteiger partial charge in [0.2, 0.25) is 0 Å². The molecular formula is C17H20ClN3O2S. The van der Waals surface area contributed by atoms with E-state index in [9.17, 15) is 4.79 Å². The maximum absolute atomic E-state index is 12.2. The number of morpholine rings is 1. The number of halogens is 1. The summed E-state index contributed by atoms with van der Waals surface area (Å²) in [4.78, 5) is 15.8. The molecule has 0 bridgehead atoms. The van der Waals surface area contributed by atoms with Crippen LogP contribution in [0, 0.1) is 0 Å². The monoisotopic (exact) mass is 365 g/mol. The number of thiophene rings is 1. The van der Waals surface area contributed by atoms with Crippen molar-refractivity contribution in [2.75, 3.05) is 38.2 Å². The average Bonchev–Trinajstić information content (AvgIpc) is 3.12. The summed E-state index contributed by atoms with van der Waals surface area (Å²) in [6.07, 6.45) is 0. The van der Waals surface area contributed by atoms with E-state index in [1.54, 1.807) is 23.5 Å². The van der Waals surface area contributed by atoms with Gasteiger partial charge in [0.15, 0.2) is 0 Å². The first kappa shape index (κ1) is 17.2. The second kappa shape index (κ2) is 8.48. The molecule has 1 aliphatic rings. The maximum atomic E-state index is 12.2. The molecule has 2 heterocycles. The molecule has 2 aromatic rings. The van der Waals surface area contributed by atoms with Crippen molar-refractivity contribution in [3.05, 3.63) is 51.7 Å². The lowest BCUT2D eigenvalue weighted by Gasteiger charge is -2.34. The minimum absolute atomic E-state index is 0.158. The van der Waals surface area contributed by atoms with E-state index >= 15 is 0 Å². The highest BCUT2D eigenvalue weighted by atomic mass is 35.5.